The van der Waals surface area contributed by atoms with Crippen LogP contribution in [0.4, 0.5) is 0 Å². The smallest absolute Gasteiger partial charge is 0.271 e. The lowest BCUT2D eigenvalue weighted by atomic mass is 10.1. The van der Waals surface area contributed by atoms with Crippen molar-refractivity contribution in [3.05, 3.63) is 35.9 Å². The summed E-state index contributed by atoms with van der Waals surface area (Å²) in [4.78, 5) is 0. The van der Waals surface area contributed by atoms with Gasteiger partial charge >= 0.3 is 0 Å². The van der Waals surface area contributed by atoms with Gasteiger partial charge in [0.2, 0.25) is 0 Å². The van der Waals surface area contributed by atoms with E-state index in [0.717, 1.165) is 12.8 Å². The van der Waals surface area contributed by atoms with Gasteiger partial charge in [0.1, 0.15) is 0 Å². The predicted octanol–water partition coefficient (Wildman–Crippen LogP) is 1.23. The molecule has 0 unspecified atom stereocenters. The van der Waals surface area contributed by atoms with Crippen molar-refractivity contribution in [2.45, 2.75) is 12.8 Å². The third-order valence-electron chi connectivity index (χ3n) is 1.84. The first-order valence-electron chi connectivity index (χ1n) is 4.54. The van der Waals surface area contributed by atoms with Gasteiger partial charge in [0.25, 0.3) is 7.59 Å². The largest absolute Gasteiger partial charge is 0.273 e. The lowest BCUT2D eigenvalue weighted by Crippen LogP contribution is -2.23. The van der Waals surface area contributed by atoms with E-state index >= 15 is 0 Å². The van der Waals surface area contributed by atoms with Crippen LogP contribution in [0.2, 0.25) is 0 Å². The van der Waals surface area contributed by atoms with Crippen LogP contribution in [0.15, 0.2) is 30.3 Å². The summed E-state index contributed by atoms with van der Waals surface area (Å²) in [6, 6.07) is 10.1. The first-order valence-corrected chi connectivity index (χ1v) is 6.39. The van der Waals surface area contributed by atoms with Gasteiger partial charge in [-0.25, -0.2) is 5.09 Å². The van der Waals surface area contributed by atoms with Crippen molar-refractivity contribution in [3.63, 3.8) is 0 Å². The molecule has 0 radical (unpaired) electrons. The van der Waals surface area contributed by atoms with Crippen LogP contribution in [0.3, 0.4) is 0 Å². The fourth-order valence-corrected chi connectivity index (χ4v) is 1.70. The molecule has 0 aliphatic heterocycles. The Morgan fingerprint density at radius 2 is 1.86 bits per heavy atom. The van der Waals surface area contributed by atoms with E-state index in [9.17, 15) is 4.57 Å². The first kappa shape index (κ1) is 11.4. The zero-order valence-electron chi connectivity index (χ0n) is 8.02. The van der Waals surface area contributed by atoms with E-state index in [2.05, 4.69) is 17.2 Å². The zero-order valence-corrected chi connectivity index (χ0v) is 8.91. The molecule has 0 atom stereocenters. The number of nitrogens with one attached hydrogen (secondary N) is 1. The van der Waals surface area contributed by atoms with Crippen LogP contribution in [0.25, 0.3) is 0 Å². The maximum Gasteiger partial charge on any atom is 0.273 e. The molecule has 0 spiro atoms. The van der Waals surface area contributed by atoms with Gasteiger partial charge in [-0.15, -0.1) is 0 Å². The Bertz CT molecular complexity index is 309. The number of nitrogens with two attached hydrogens (primary N) is 2. The third-order valence-corrected chi connectivity index (χ3v) is 2.56. The van der Waals surface area contributed by atoms with E-state index in [1.54, 1.807) is 0 Å². The quantitative estimate of drug-likeness (QED) is 0.507. The molecule has 14 heavy (non-hydrogen) atoms. The van der Waals surface area contributed by atoms with Crippen molar-refractivity contribution in [3.8, 4) is 0 Å². The number of rotatable bonds is 5. The van der Waals surface area contributed by atoms with Crippen molar-refractivity contribution in [1.29, 1.82) is 0 Å². The minimum absolute atomic E-state index is 0.583. The van der Waals surface area contributed by atoms with Crippen molar-refractivity contribution in [1.82, 2.24) is 5.09 Å². The van der Waals surface area contributed by atoms with E-state index in [1.165, 1.54) is 5.56 Å². The molecule has 1 aromatic rings. The summed E-state index contributed by atoms with van der Waals surface area (Å²) in [6.45, 7) is 0.583. The number of aryl methyl sites for hydroxylation is 1. The van der Waals surface area contributed by atoms with Crippen LogP contribution in [-0.2, 0) is 11.0 Å². The molecule has 4 nitrogen and oxygen atoms in total. The fraction of sp³-hybridized carbons (Fsp3) is 0.333. The minimum atomic E-state index is -3.04. The lowest BCUT2D eigenvalue weighted by molar-refractivity contribution is 0.564. The molecule has 0 aromatic heterocycles. The van der Waals surface area contributed by atoms with E-state index in [1.807, 2.05) is 18.2 Å². The summed E-state index contributed by atoms with van der Waals surface area (Å²) in [7, 11) is -3.04. The Balaban J connectivity index is 2.20. The first-order chi connectivity index (χ1) is 6.58. The summed E-state index contributed by atoms with van der Waals surface area (Å²) in [5.41, 5.74) is 11.5. The highest BCUT2D eigenvalue weighted by molar-refractivity contribution is 7.56. The Morgan fingerprint density at radius 1 is 1.21 bits per heavy atom. The highest BCUT2D eigenvalue weighted by atomic mass is 31.2. The average molecular weight is 213 g/mol. The van der Waals surface area contributed by atoms with Crippen molar-refractivity contribution in [2.75, 3.05) is 6.54 Å². The summed E-state index contributed by atoms with van der Waals surface area (Å²) in [5, 5.41) is 2.60. The monoisotopic (exact) mass is 213 g/mol. The zero-order chi connectivity index (χ0) is 10.4. The van der Waals surface area contributed by atoms with Gasteiger partial charge in [0.05, 0.1) is 0 Å². The van der Waals surface area contributed by atoms with Crippen LogP contribution in [0.1, 0.15) is 12.0 Å². The fourth-order valence-electron chi connectivity index (χ4n) is 1.19. The molecule has 0 aliphatic carbocycles. The Hall–Kier alpha value is -0.670. The second kappa shape index (κ2) is 5.27. The van der Waals surface area contributed by atoms with Gasteiger partial charge in [-0.3, -0.25) is 15.6 Å². The molecule has 1 aromatic carbocycles. The number of benzene rings is 1. The predicted molar refractivity (Wildman–Crippen MR) is 58.7 cm³/mol. The van der Waals surface area contributed by atoms with E-state index in [-0.39, 0.29) is 0 Å². The van der Waals surface area contributed by atoms with Crippen LogP contribution in [0.5, 0.6) is 0 Å². The molecule has 1 rings (SSSR count). The van der Waals surface area contributed by atoms with E-state index < -0.39 is 7.59 Å². The summed E-state index contributed by atoms with van der Waals surface area (Å²) in [5.74, 6) is 0. The Labute approximate surface area is 84.2 Å². The minimum Gasteiger partial charge on any atom is -0.271 e. The molecular weight excluding hydrogens is 197 g/mol. The van der Waals surface area contributed by atoms with Crippen molar-refractivity contribution >= 4 is 7.59 Å². The normalized spacial score (nSPS) is 11.6. The van der Waals surface area contributed by atoms with Gasteiger partial charge in [-0.1, -0.05) is 30.3 Å². The molecule has 0 fully saturated rings. The maximum absolute atomic E-state index is 10.9. The van der Waals surface area contributed by atoms with Crippen LogP contribution >= 0.6 is 7.59 Å². The molecule has 5 N–H and O–H groups in total. The second-order valence-corrected chi connectivity index (χ2v) is 4.94. The molecule has 0 amide bonds. The summed E-state index contributed by atoms with van der Waals surface area (Å²) >= 11 is 0. The molecule has 0 aliphatic rings. The van der Waals surface area contributed by atoms with Crippen LogP contribution in [0, 0.1) is 0 Å². The van der Waals surface area contributed by atoms with Gasteiger partial charge < -0.3 is 0 Å². The van der Waals surface area contributed by atoms with Gasteiger partial charge in [0, 0.05) is 6.54 Å². The van der Waals surface area contributed by atoms with Crippen LogP contribution < -0.4 is 16.1 Å². The average Bonchev–Trinajstić information content (AvgIpc) is 2.13. The second-order valence-electron chi connectivity index (χ2n) is 3.21. The maximum atomic E-state index is 10.9. The standard InChI is InChI=1S/C9H16N3OP/c10-14(11,13)12-8-4-7-9-5-2-1-3-6-9/h1-3,5-6H,4,7-8H2,(H5,10,11,12,13). The van der Waals surface area contributed by atoms with Gasteiger partial charge in [-0.2, -0.15) is 0 Å². The summed E-state index contributed by atoms with van der Waals surface area (Å²) < 4.78 is 10.9. The third kappa shape index (κ3) is 5.14. The molecule has 0 saturated carbocycles. The lowest BCUT2D eigenvalue weighted by Gasteiger charge is -2.07. The number of hydrogen-bond acceptors (Lipinski definition) is 1. The Kier molecular flexibility index (Phi) is 4.29. The van der Waals surface area contributed by atoms with Crippen molar-refractivity contribution < 1.29 is 4.57 Å². The van der Waals surface area contributed by atoms with Gasteiger partial charge in [-0.05, 0) is 18.4 Å². The Morgan fingerprint density at radius 3 is 2.43 bits per heavy atom. The highest BCUT2D eigenvalue weighted by Crippen LogP contribution is 2.16. The SMILES string of the molecule is NP(N)(=O)NCCCc1ccccc1. The van der Waals surface area contributed by atoms with Crippen molar-refractivity contribution in [2.24, 2.45) is 11.0 Å². The molecule has 0 bridgehead atoms. The molecule has 0 heterocycles. The van der Waals surface area contributed by atoms with E-state index in [0.29, 0.717) is 6.54 Å². The molecule has 78 valence electrons. The van der Waals surface area contributed by atoms with E-state index in [4.69, 9.17) is 11.0 Å². The highest BCUT2D eigenvalue weighted by Gasteiger charge is 2.04. The summed E-state index contributed by atoms with van der Waals surface area (Å²) in [6.07, 6.45) is 1.82. The molecule has 0 saturated heterocycles. The number of hydrogen-bond donors (Lipinski definition) is 3. The molecule has 5 heteroatoms. The topological polar surface area (TPSA) is 81.1 Å². The van der Waals surface area contributed by atoms with Crippen LogP contribution in [-0.4, -0.2) is 6.54 Å². The molecular formula is C9H16N3OP. The van der Waals surface area contributed by atoms with Gasteiger partial charge in [0.15, 0.2) is 0 Å².